The van der Waals surface area contributed by atoms with Gasteiger partial charge >= 0.3 is 0 Å². The highest BCUT2D eigenvalue weighted by atomic mass is 19.2. The van der Waals surface area contributed by atoms with Gasteiger partial charge in [-0.15, -0.1) is 6.58 Å². The summed E-state index contributed by atoms with van der Waals surface area (Å²) in [5.41, 5.74) is 3.99. The Morgan fingerprint density at radius 1 is 1.06 bits per heavy atom. The third-order valence-corrected chi connectivity index (χ3v) is 6.44. The second-order valence-electron chi connectivity index (χ2n) is 8.69. The molecule has 2 unspecified atom stereocenters. The van der Waals surface area contributed by atoms with E-state index in [1.165, 1.54) is 31.2 Å². The van der Waals surface area contributed by atoms with Crippen molar-refractivity contribution in [2.24, 2.45) is 0 Å². The summed E-state index contributed by atoms with van der Waals surface area (Å²) in [5, 5.41) is 0. The average Bonchev–Trinajstić information content (AvgIpc) is 3.64. The van der Waals surface area contributed by atoms with Crippen molar-refractivity contribution >= 4 is 5.57 Å². The molecule has 4 heteroatoms. The molecule has 1 aliphatic carbocycles. The van der Waals surface area contributed by atoms with Gasteiger partial charge in [0.2, 0.25) is 0 Å². The lowest BCUT2D eigenvalue weighted by atomic mass is 9.84. The number of aryl methyl sites for hydroxylation is 1. The van der Waals surface area contributed by atoms with Gasteiger partial charge in [-0.25, -0.2) is 8.78 Å². The number of allylic oxidation sites excluding steroid dienone is 3. The van der Waals surface area contributed by atoms with Crippen molar-refractivity contribution in [2.75, 3.05) is 6.61 Å². The number of hydrogen-bond donors (Lipinski definition) is 0. The van der Waals surface area contributed by atoms with Crippen molar-refractivity contribution in [3.63, 3.8) is 0 Å². The smallest absolute Gasteiger partial charge is 0.166 e. The van der Waals surface area contributed by atoms with Crippen LogP contribution in [0, 0.1) is 11.6 Å². The first kappa shape index (κ1) is 21.9. The van der Waals surface area contributed by atoms with Crippen LogP contribution in [0.15, 0.2) is 49.2 Å². The van der Waals surface area contributed by atoms with Crippen LogP contribution in [0.4, 0.5) is 8.78 Å². The number of rotatable bonds is 10. The Kier molecular flexibility index (Phi) is 7.29. The van der Waals surface area contributed by atoms with E-state index in [0.29, 0.717) is 23.7 Å². The Balaban J connectivity index is 1.32. The van der Waals surface area contributed by atoms with Crippen LogP contribution in [-0.2, 0) is 11.2 Å². The highest BCUT2D eigenvalue weighted by molar-refractivity contribution is 5.67. The van der Waals surface area contributed by atoms with Gasteiger partial charge < -0.3 is 4.74 Å². The van der Waals surface area contributed by atoms with E-state index in [1.807, 2.05) is 12.3 Å². The number of unbranched alkanes of at least 4 members (excludes halogenated alkanes) is 4. The predicted molar refractivity (Wildman–Crippen MR) is 121 cm³/mol. The number of ether oxygens (including phenoxy) is 1. The molecule has 1 aliphatic heterocycles. The first-order valence-electron chi connectivity index (χ1n) is 11.5. The van der Waals surface area contributed by atoms with Crippen LogP contribution in [0.5, 0.6) is 0 Å². The summed E-state index contributed by atoms with van der Waals surface area (Å²) in [7, 11) is 0. The highest BCUT2D eigenvalue weighted by Crippen LogP contribution is 2.39. The van der Waals surface area contributed by atoms with E-state index in [1.54, 1.807) is 12.1 Å². The van der Waals surface area contributed by atoms with E-state index < -0.39 is 11.6 Å². The molecule has 0 amide bonds. The Morgan fingerprint density at radius 2 is 1.90 bits per heavy atom. The van der Waals surface area contributed by atoms with Crippen molar-refractivity contribution in [1.29, 1.82) is 0 Å². The lowest BCUT2D eigenvalue weighted by Gasteiger charge is -2.22. The maximum absolute atomic E-state index is 14.6. The zero-order valence-electron chi connectivity index (χ0n) is 18.1. The molecule has 0 saturated carbocycles. The molecule has 2 heterocycles. The minimum atomic E-state index is -0.763. The largest absolute Gasteiger partial charge is 0.368 e. The van der Waals surface area contributed by atoms with E-state index in [9.17, 15) is 8.78 Å². The lowest BCUT2D eigenvalue weighted by molar-refractivity contribution is 0.401. The topological polar surface area (TPSA) is 25.4 Å². The molecule has 1 fully saturated rings. The molecule has 2 atom stereocenters. The maximum Gasteiger partial charge on any atom is 0.166 e. The highest BCUT2D eigenvalue weighted by Gasteiger charge is 2.31. The summed E-state index contributed by atoms with van der Waals surface area (Å²) in [6, 6.07) is 7.70. The van der Waals surface area contributed by atoms with Crippen LogP contribution >= 0.6 is 0 Å². The normalized spacial score (nSPS) is 20.4. The molecule has 0 N–H and O–H groups in total. The Hall–Kier alpha value is -2.33. The fourth-order valence-corrected chi connectivity index (χ4v) is 4.43. The van der Waals surface area contributed by atoms with Gasteiger partial charge in [0.15, 0.2) is 11.6 Å². The molecule has 31 heavy (non-hydrogen) atoms. The first-order valence-corrected chi connectivity index (χ1v) is 11.5. The van der Waals surface area contributed by atoms with E-state index >= 15 is 0 Å². The molecule has 1 aromatic heterocycles. The fraction of sp³-hybridized carbons (Fsp3) is 0.444. The summed E-state index contributed by atoms with van der Waals surface area (Å²) in [6.07, 6.45) is 15.3. The van der Waals surface area contributed by atoms with Crippen LogP contribution in [0.2, 0.25) is 0 Å². The van der Waals surface area contributed by atoms with Gasteiger partial charge in [-0.2, -0.15) is 0 Å². The first-order chi connectivity index (χ1) is 15.2. The SMILES string of the molecule is C=CCCCCCCc1ccc(C2CC=C(c3ccc(C4CO4)c(F)c3F)CC2)nc1. The Bertz CT molecular complexity index is 931. The second kappa shape index (κ2) is 10.3. The van der Waals surface area contributed by atoms with Gasteiger partial charge in [-0.3, -0.25) is 4.98 Å². The zero-order valence-corrected chi connectivity index (χ0v) is 18.1. The molecule has 0 spiro atoms. The van der Waals surface area contributed by atoms with Crippen molar-refractivity contribution in [1.82, 2.24) is 4.98 Å². The second-order valence-corrected chi connectivity index (χ2v) is 8.69. The van der Waals surface area contributed by atoms with Crippen LogP contribution in [0.1, 0.15) is 85.8 Å². The number of halogens is 2. The van der Waals surface area contributed by atoms with Gasteiger partial charge in [0, 0.05) is 28.9 Å². The molecule has 164 valence electrons. The molecule has 0 bridgehead atoms. The molecule has 1 saturated heterocycles. The summed E-state index contributed by atoms with van der Waals surface area (Å²) < 4.78 is 34.1. The van der Waals surface area contributed by atoms with Gasteiger partial charge in [0.1, 0.15) is 6.10 Å². The predicted octanol–water partition coefficient (Wildman–Crippen LogP) is 7.46. The number of epoxide rings is 1. The van der Waals surface area contributed by atoms with Crippen LogP contribution in [0.25, 0.3) is 5.57 Å². The third kappa shape index (κ3) is 5.48. The third-order valence-electron chi connectivity index (χ3n) is 6.44. The molecule has 2 nitrogen and oxygen atoms in total. The number of nitrogens with zero attached hydrogens (tertiary/aromatic N) is 1. The number of hydrogen-bond acceptors (Lipinski definition) is 2. The van der Waals surface area contributed by atoms with Crippen molar-refractivity contribution in [3.8, 4) is 0 Å². The van der Waals surface area contributed by atoms with Crippen molar-refractivity contribution in [2.45, 2.75) is 69.8 Å². The fourth-order valence-electron chi connectivity index (χ4n) is 4.43. The molecule has 1 aromatic carbocycles. The van der Waals surface area contributed by atoms with Gasteiger partial charge in [0.25, 0.3) is 0 Å². The summed E-state index contributed by atoms with van der Waals surface area (Å²) in [4.78, 5) is 4.71. The molecule has 2 aliphatic rings. The van der Waals surface area contributed by atoms with Gasteiger partial charge in [0.05, 0.1) is 6.61 Å². The van der Waals surface area contributed by atoms with E-state index in [4.69, 9.17) is 9.72 Å². The quantitative estimate of drug-likeness (QED) is 0.225. The molecular weight excluding hydrogens is 392 g/mol. The van der Waals surface area contributed by atoms with Gasteiger partial charge in [-0.05, 0) is 62.1 Å². The maximum atomic E-state index is 14.6. The average molecular weight is 424 g/mol. The van der Waals surface area contributed by atoms with Crippen LogP contribution in [0.3, 0.4) is 0 Å². The Morgan fingerprint density at radius 3 is 2.58 bits per heavy atom. The van der Waals surface area contributed by atoms with Crippen LogP contribution < -0.4 is 0 Å². The minimum Gasteiger partial charge on any atom is -0.368 e. The van der Waals surface area contributed by atoms with Crippen LogP contribution in [-0.4, -0.2) is 11.6 Å². The number of pyridine rings is 1. The van der Waals surface area contributed by atoms with E-state index in [2.05, 4.69) is 24.8 Å². The number of benzene rings is 1. The number of aromatic nitrogens is 1. The van der Waals surface area contributed by atoms with E-state index in [-0.39, 0.29) is 6.10 Å². The monoisotopic (exact) mass is 423 g/mol. The molecule has 4 rings (SSSR count). The lowest BCUT2D eigenvalue weighted by Crippen LogP contribution is -2.08. The molecule has 0 radical (unpaired) electrons. The zero-order chi connectivity index (χ0) is 21.6. The summed E-state index contributed by atoms with van der Waals surface area (Å²) in [6.45, 7) is 4.24. The Labute approximate surface area is 184 Å². The summed E-state index contributed by atoms with van der Waals surface area (Å²) >= 11 is 0. The van der Waals surface area contributed by atoms with Gasteiger partial charge in [-0.1, -0.05) is 43.2 Å². The molecular formula is C27H31F2NO. The van der Waals surface area contributed by atoms with E-state index in [0.717, 1.165) is 43.4 Å². The summed E-state index contributed by atoms with van der Waals surface area (Å²) in [5.74, 6) is -1.17. The standard InChI is InChI=1S/C27H31F2NO/c1-2-3-4-5-6-7-8-19-9-16-24(30-17-19)21-12-10-20(11-13-21)22-14-15-23(25-18-31-25)27(29)26(22)28/h2,9-10,14-17,21,25H,1,3-8,11-13,18H2. The minimum absolute atomic E-state index is 0.278. The molecule has 2 aromatic rings. The van der Waals surface area contributed by atoms with Crippen molar-refractivity contribution < 1.29 is 13.5 Å². The van der Waals surface area contributed by atoms with Crippen molar-refractivity contribution in [3.05, 3.63) is 83.2 Å².